The van der Waals surface area contributed by atoms with Gasteiger partial charge >= 0.3 is 0 Å². The minimum Gasteiger partial charge on any atom is -0.342 e. The van der Waals surface area contributed by atoms with Crippen LogP contribution in [0.3, 0.4) is 0 Å². The van der Waals surface area contributed by atoms with Crippen LogP contribution >= 0.6 is 23.4 Å². The van der Waals surface area contributed by atoms with E-state index in [1.54, 1.807) is 11.8 Å². The van der Waals surface area contributed by atoms with Gasteiger partial charge in [-0.15, -0.1) is 11.6 Å². The van der Waals surface area contributed by atoms with Crippen LogP contribution in [0, 0.1) is 5.92 Å². The third-order valence-corrected chi connectivity index (χ3v) is 3.51. The Morgan fingerprint density at radius 2 is 2.43 bits per heavy atom. The van der Waals surface area contributed by atoms with Crippen LogP contribution in [0.25, 0.3) is 0 Å². The predicted molar refractivity (Wildman–Crippen MR) is 63.0 cm³/mol. The molecule has 1 heterocycles. The lowest BCUT2D eigenvalue weighted by atomic mass is 10.1. The molecule has 0 saturated carbocycles. The zero-order chi connectivity index (χ0) is 10.4. The summed E-state index contributed by atoms with van der Waals surface area (Å²) >= 11 is 7.42. The Bertz CT molecular complexity index is 189. The van der Waals surface area contributed by atoms with Gasteiger partial charge in [-0.1, -0.05) is 0 Å². The van der Waals surface area contributed by atoms with Crippen LogP contribution in [0.1, 0.15) is 19.3 Å². The van der Waals surface area contributed by atoms with Crippen LogP contribution in [0.15, 0.2) is 0 Å². The molecule has 1 atom stereocenters. The number of thioether (sulfide) groups is 1. The van der Waals surface area contributed by atoms with E-state index in [4.69, 9.17) is 11.6 Å². The van der Waals surface area contributed by atoms with Crippen molar-refractivity contribution in [2.24, 2.45) is 5.92 Å². The molecular weight excluding hydrogens is 218 g/mol. The van der Waals surface area contributed by atoms with Crippen molar-refractivity contribution in [2.75, 3.05) is 31.0 Å². The molecule has 0 radical (unpaired) electrons. The summed E-state index contributed by atoms with van der Waals surface area (Å²) in [5.41, 5.74) is 0. The zero-order valence-corrected chi connectivity index (χ0v) is 10.2. The highest BCUT2D eigenvalue weighted by molar-refractivity contribution is 7.98. The van der Waals surface area contributed by atoms with Crippen LogP contribution in [0.4, 0.5) is 0 Å². The second-order valence-corrected chi connectivity index (χ2v) is 5.08. The Morgan fingerprint density at radius 3 is 3.07 bits per heavy atom. The second kappa shape index (κ2) is 6.57. The lowest BCUT2D eigenvalue weighted by Crippen LogP contribution is -2.28. The summed E-state index contributed by atoms with van der Waals surface area (Å²) in [5.74, 6) is 2.62. The van der Waals surface area contributed by atoms with E-state index in [1.807, 2.05) is 11.2 Å². The van der Waals surface area contributed by atoms with E-state index in [2.05, 4.69) is 0 Å². The first-order valence-corrected chi connectivity index (χ1v) is 7.03. The van der Waals surface area contributed by atoms with E-state index in [0.717, 1.165) is 37.6 Å². The molecule has 0 spiro atoms. The van der Waals surface area contributed by atoms with E-state index in [-0.39, 0.29) is 0 Å². The fourth-order valence-corrected chi connectivity index (χ4v) is 2.48. The Hall–Kier alpha value is 0.110. The minimum atomic E-state index is 0.316. The maximum atomic E-state index is 11.6. The fraction of sp³-hybridized carbons (Fsp3) is 0.900. The molecule has 1 amide bonds. The molecular formula is C10H18ClNOS. The first kappa shape index (κ1) is 12.2. The molecule has 0 aromatic heterocycles. The molecule has 4 heteroatoms. The van der Waals surface area contributed by atoms with Crippen molar-refractivity contribution in [1.29, 1.82) is 0 Å². The van der Waals surface area contributed by atoms with Gasteiger partial charge in [0, 0.05) is 31.1 Å². The summed E-state index contributed by atoms with van der Waals surface area (Å²) < 4.78 is 0. The van der Waals surface area contributed by atoms with Crippen molar-refractivity contribution in [3.05, 3.63) is 0 Å². The molecule has 82 valence electrons. The minimum absolute atomic E-state index is 0.316. The number of hydrogen-bond acceptors (Lipinski definition) is 2. The van der Waals surface area contributed by atoms with Gasteiger partial charge in [-0.2, -0.15) is 11.8 Å². The maximum Gasteiger partial charge on any atom is 0.223 e. The van der Waals surface area contributed by atoms with E-state index in [0.29, 0.717) is 18.2 Å². The molecule has 0 aromatic rings. The van der Waals surface area contributed by atoms with Crippen molar-refractivity contribution >= 4 is 29.3 Å². The summed E-state index contributed by atoms with van der Waals surface area (Å²) in [6, 6.07) is 0. The molecule has 1 unspecified atom stereocenters. The lowest BCUT2D eigenvalue weighted by molar-refractivity contribution is -0.129. The SMILES string of the molecule is CSCCC(=O)N1CCC(CCCl)C1. The Morgan fingerprint density at radius 1 is 1.64 bits per heavy atom. The largest absolute Gasteiger partial charge is 0.342 e. The second-order valence-electron chi connectivity index (χ2n) is 3.71. The molecule has 0 aliphatic carbocycles. The number of rotatable bonds is 5. The van der Waals surface area contributed by atoms with Crippen molar-refractivity contribution < 1.29 is 4.79 Å². The first-order chi connectivity index (χ1) is 6.77. The number of carbonyl (C=O) groups is 1. The molecule has 1 fully saturated rings. The monoisotopic (exact) mass is 235 g/mol. The first-order valence-electron chi connectivity index (χ1n) is 5.10. The fourth-order valence-electron chi connectivity index (χ4n) is 1.80. The van der Waals surface area contributed by atoms with Gasteiger partial charge in [0.1, 0.15) is 0 Å². The predicted octanol–water partition coefficient (Wildman–Crippen LogP) is 2.22. The maximum absolute atomic E-state index is 11.6. The number of hydrogen-bond donors (Lipinski definition) is 0. The van der Waals surface area contributed by atoms with Gasteiger partial charge in [-0.25, -0.2) is 0 Å². The Labute approximate surface area is 95.4 Å². The molecule has 1 aliphatic rings. The molecule has 0 N–H and O–H groups in total. The van der Waals surface area contributed by atoms with Gasteiger partial charge in [0.2, 0.25) is 5.91 Å². The number of halogens is 1. The lowest BCUT2D eigenvalue weighted by Gasteiger charge is -2.15. The Kier molecular flexibility index (Phi) is 5.71. The smallest absolute Gasteiger partial charge is 0.223 e. The van der Waals surface area contributed by atoms with E-state index in [9.17, 15) is 4.79 Å². The number of nitrogens with zero attached hydrogens (tertiary/aromatic N) is 1. The quantitative estimate of drug-likeness (QED) is 0.682. The highest BCUT2D eigenvalue weighted by Gasteiger charge is 2.24. The van der Waals surface area contributed by atoms with Crippen LogP contribution < -0.4 is 0 Å². The molecule has 2 nitrogen and oxygen atoms in total. The van der Waals surface area contributed by atoms with Gasteiger partial charge in [0.05, 0.1) is 0 Å². The topological polar surface area (TPSA) is 20.3 Å². The summed E-state index contributed by atoms with van der Waals surface area (Å²) in [4.78, 5) is 13.6. The summed E-state index contributed by atoms with van der Waals surface area (Å²) in [6.45, 7) is 1.87. The van der Waals surface area contributed by atoms with Crippen molar-refractivity contribution in [1.82, 2.24) is 4.90 Å². The van der Waals surface area contributed by atoms with Crippen molar-refractivity contribution in [3.8, 4) is 0 Å². The van der Waals surface area contributed by atoms with Gasteiger partial charge in [0.25, 0.3) is 0 Å². The molecule has 0 aromatic carbocycles. The van der Waals surface area contributed by atoms with Gasteiger partial charge in [-0.05, 0) is 25.0 Å². The van der Waals surface area contributed by atoms with Crippen LogP contribution in [0.2, 0.25) is 0 Å². The third kappa shape index (κ3) is 3.70. The van der Waals surface area contributed by atoms with Crippen molar-refractivity contribution in [3.63, 3.8) is 0 Å². The Balaban J connectivity index is 2.23. The van der Waals surface area contributed by atoms with Gasteiger partial charge in [-0.3, -0.25) is 4.79 Å². The normalized spacial score (nSPS) is 21.6. The number of alkyl halides is 1. The average Bonchev–Trinajstić information content (AvgIpc) is 2.63. The number of carbonyl (C=O) groups excluding carboxylic acids is 1. The summed E-state index contributed by atoms with van der Waals surface area (Å²) in [7, 11) is 0. The standard InChI is InChI=1S/C10H18ClNOS/c1-14-7-4-10(13)12-6-3-9(8-12)2-5-11/h9H,2-8H2,1H3. The third-order valence-electron chi connectivity index (χ3n) is 2.68. The van der Waals surface area contributed by atoms with E-state index in [1.165, 1.54) is 0 Å². The van der Waals surface area contributed by atoms with Crippen molar-refractivity contribution in [2.45, 2.75) is 19.3 Å². The summed E-state index contributed by atoms with van der Waals surface area (Å²) in [5, 5.41) is 0. The van der Waals surface area contributed by atoms with Crippen LogP contribution in [0.5, 0.6) is 0 Å². The molecule has 0 bridgehead atoms. The van der Waals surface area contributed by atoms with E-state index < -0.39 is 0 Å². The zero-order valence-electron chi connectivity index (χ0n) is 8.67. The molecule has 1 aliphatic heterocycles. The number of amides is 1. The van der Waals surface area contributed by atoms with Gasteiger partial charge < -0.3 is 4.90 Å². The van der Waals surface area contributed by atoms with Crippen LogP contribution in [-0.4, -0.2) is 41.8 Å². The highest BCUT2D eigenvalue weighted by atomic mass is 35.5. The molecule has 14 heavy (non-hydrogen) atoms. The highest BCUT2D eigenvalue weighted by Crippen LogP contribution is 2.20. The van der Waals surface area contributed by atoms with Gasteiger partial charge in [0.15, 0.2) is 0 Å². The summed E-state index contributed by atoms with van der Waals surface area (Å²) in [6.07, 6.45) is 4.91. The number of likely N-dealkylation sites (tertiary alicyclic amines) is 1. The van der Waals surface area contributed by atoms with Crippen LogP contribution in [-0.2, 0) is 4.79 Å². The molecule has 1 saturated heterocycles. The average molecular weight is 236 g/mol. The molecule has 1 rings (SSSR count). The van der Waals surface area contributed by atoms with E-state index >= 15 is 0 Å².